The molecule has 2 aliphatic heterocycles. The molecule has 148 valence electrons. The zero-order chi connectivity index (χ0) is 19.6. The van der Waals surface area contributed by atoms with Crippen molar-refractivity contribution in [1.29, 1.82) is 0 Å². The number of carbonyl (C=O) groups excluding carboxylic acids is 1. The summed E-state index contributed by atoms with van der Waals surface area (Å²) in [5.41, 5.74) is 1.35. The Hall–Kier alpha value is -2.58. The molecule has 1 fully saturated rings. The summed E-state index contributed by atoms with van der Waals surface area (Å²) in [5, 5.41) is 0. The number of rotatable bonds is 6. The van der Waals surface area contributed by atoms with Gasteiger partial charge in [0.15, 0.2) is 11.5 Å². The lowest BCUT2D eigenvalue weighted by atomic mass is 10.1. The summed E-state index contributed by atoms with van der Waals surface area (Å²) in [6, 6.07) is 11.8. The number of likely N-dealkylation sites (tertiary alicyclic amines) is 1. The largest absolute Gasteiger partial charge is 0.454 e. The molecule has 2 heterocycles. The summed E-state index contributed by atoms with van der Waals surface area (Å²) < 4.78 is 38.5. The Balaban J connectivity index is 1.40. The molecule has 2 aromatic carbocycles. The number of amides is 1. The molecule has 0 atom stereocenters. The van der Waals surface area contributed by atoms with Crippen LogP contribution in [0, 0.1) is 0 Å². The average Bonchev–Trinajstić information content (AvgIpc) is 3.39. The van der Waals surface area contributed by atoms with Crippen LogP contribution in [0.25, 0.3) is 0 Å². The highest BCUT2D eigenvalue weighted by molar-refractivity contribution is 7.89. The zero-order valence-corrected chi connectivity index (χ0v) is 16.2. The van der Waals surface area contributed by atoms with Crippen molar-refractivity contribution in [3.8, 4) is 11.5 Å². The minimum absolute atomic E-state index is 0.100. The van der Waals surface area contributed by atoms with E-state index < -0.39 is 10.0 Å². The SMILES string of the molecule is O=C(c1cccc(S(=O)(=O)NCCc2ccc3c(c2)OCO3)c1)N1CCCC1. The second-order valence-electron chi connectivity index (χ2n) is 6.86. The first-order valence-corrected chi connectivity index (χ1v) is 10.8. The molecule has 8 heteroatoms. The van der Waals surface area contributed by atoms with Crippen LogP contribution in [0.2, 0.25) is 0 Å². The third-order valence-corrected chi connectivity index (χ3v) is 6.39. The number of sulfonamides is 1. The van der Waals surface area contributed by atoms with E-state index >= 15 is 0 Å². The van der Waals surface area contributed by atoms with E-state index in [4.69, 9.17) is 9.47 Å². The van der Waals surface area contributed by atoms with Gasteiger partial charge in [-0.1, -0.05) is 12.1 Å². The number of nitrogens with zero attached hydrogens (tertiary/aromatic N) is 1. The topological polar surface area (TPSA) is 84.9 Å². The van der Waals surface area contributed by atoms with Crippen LogP contribution < -0.4 is 14.2 Å². The number of fused-ring (bicyclic) bond motifs is 1. The van der Waals surface area contributed by atoms with E-state index in [2.05, 4.69) is 4.72 Å². The molecule has 0 radical (unpaired) electrons. The first-order valence-electron chi connectivity index (χ1n) is 9.30. The Morgan fingerprint density at radius 3 is 2.64 bits per heavy atom. The Morgan fingerprint density at radius 1 is 1.04 bits per heavy atom. The molecular formula is C20H22N2O5S. The van der Waals surface area contributed by atoms with Gasteiger partial charge in [-0.3, -0.25) is 4.79 Å². The first kappa shape index (κ1) is 18.8. The van der Waals surface area contributed by atoms with Crippen molar-refractivity contribution in [1.82, 2.24) is 9.62 Å². The van der Waals surface area contributed by atoms with Crippen LogP contribution in [-0.2, 0) is 16.4 Å². The van der Waals surface area contributed by atoms with Gasteiger partial charge in [0.2, 0.25) is 16.8 Å². The molecule has 0 unspecified atom stereocenters. The van der Waals surface area contributed by atoms with Gasteiger partial charge in [-0.2, -0.15) is 0 Å². The standard InChI is InChI=1S/C20H22N2O5S/c23-20(22-10-1-2-11-22)16-4-3-5-17(13-16)28(24,25)21-9-8-15-6-7-18-19(12-15)27-14-26-18/h3-7,12-13,21H,1-2,8-11,14H2. The van der Waals surface area contributed by atoms with Crippen molar-refractivity contribution in [2.75, 3.05) is 26.4 Å². The van der Waals surface area contributed by atoms with Crippen molar-refractivity contribution in [3.63, 3.8) is 0 Å². The first-order chi connectivity index (χ1) is 13.5. The number of benzene rings is 2. The summed E-state index contributed by atoms with van der Waals surface area (Å²) in [5.74, 6) is 1.26. The molecule has 0 bridgehead atoms. The van der Waals surface area contributed by atoms with Crippen LogP contribution in [0.4, 0.5) is 0 Å². The van der Waals surface area contributed by atoms with E-state index in [1.54, 1.807) is 17.0 Å². The van der Waals surface area contributed by atoms with Gasteiger partial charge in [-0.05, 0) is 55.2 Å². The van der Waals surface area contributed by atoms with Gasteiger partial charge in [-0.15, -0.1) is 0 Å². The second-order valence-corrected chi connectivity index (χ2v) is 8.63. The van der Waals surface area contributed by atoms with Gasteiger partial charge < -0.3 is 14.4 Å². The average molecular weight is 402 g/mol. The molecule has 2 aromatic rings. The second kappa shape index (κ2) is 7.81. The lowest BCUT2D eigenvalue weighted by Gasteiger charge is -2.15. The fraction of sp³-hybridized carbons (Fsp3) is 0.350. The van der Waals surface area contributed by atoms with Crippen LogP contribution in [0.1, 0.15) is 28.8 Å². The molecule has 0 aliphatic carbocycles. The summed E-state index contributed by atoms with van der Waals surface area (Å²) in [6.45, 7) is 1.90. The minimum Gasteiger partial charge on any atom is -0.454 e. The van der Waals surface area contributed by atoms with Gasteiger partial charge in [-0.25, -0.2) is 13.1 Å². The number of hydrogen-bond donors (Lipinski definition) is 1. The van der Waals surface area contributed by atoms with E-state index in [1.165, 1.54) is 12.1 Å². The van der Waals surface area contributed by atoms with E-state index in [0.717, 1.165) is 31.5 Å². The van der Waals surface area contributed by atoms with Crippen molar-refractivity contribution in [2.24, 2.45) is 0 Å². The van der Waals surface area contributed by atoms with Crippen LogP contribution in [0.15, 0.2) is 47.4 Å². The predicted molar refractivity (Wildman–Crippen MR) is 103 cm³/mol. The Labute approximate surface area is 164 Å². The van der Waals surface area contributed by atoms with E-state index in [1.807, 2.05) is 18.2 Å². The zero-order valence-electron chi connectivity index (χ0n) is 15.4. The number of nitrogens with one attached hydrogen (secondary N) is 1. The maximum atomic E-state index is 12.6. The maximum Gasteiger partial charge on any atom is 0.253 e. The molecule has 1 N–H and O–H groups in total. The van der Waals surface area contributed by atoms with Crippen LogP contribution in [-0.4, -0.2) is 45.7 Å². The van der Waals surface area contributed by atoms with Gasteiger partial charge in [0, 0.05) is 25.2 Å². The molecule has 2 aliphatic rings. The maximum absolute atomic E-state index is 12.6. The van der Waals surface area contributed by atoms with Gasteiger partial charge in [0.05, 0.1) is 4.90 Å². The Bertz CT molecular complexity index is 984. The van der Waals surface area contributed by atoms with Crippen molar-refractivity contribution in [3.05, 3.63) is 53.6 Å². The third kappa shape index (κ3) is 3.98. The predicted octanol–water partition coefficient (Wildman–Crippen LogP) is 2.17. The summed E-state index contributed by atoms with van der Waals surface area (Å²) >= 11 is 0. The third-order valence-electron chi connectivity index (χ3n) is 4.93. The monoisotopic (exact) mass is 402 g/mol. The minimum atomic E-state index is -3.70. The molecule has 4 rings (SSSR count). The van der Waals surface area contributed by atoms with Gasteiger partial charge >= 0.3 is 0 Å². The van der Waals surface area contributed by atoms with E-state index in [0.29, 0.717) is 23.5 Å². The van der Waals surface area contributed by atoms with Crippen LogP contribution >= 0.6 is 0 Å². The fourth-order valence-corrected chi connectivity index (χ4v) is 4.49. The molecule has 0 saturated carbocycles. The molecule has 1 amide bonds. The molecule has 28 heavy (non-hydrogen) atoms. The van der Waals surface area contributed by atoms with Crippen molar-refractivity contribution in [2.45, 2.75) is 24.2 Å². The lowest BCUT2D eigenvalue weighted by Crippen LogP contribution is -2.29. The van der Waals surface area contributed by atoms with E-state index in [9.17, 15) is 13.2 Å². The Kier molecular flexibility index (Phi) is 5.23. The number of carbonyl (C=O) groups is 1. The van der Waals surface area contributed by atoms with Gasteiger partial charge in [0.25, 0.3) is 5.91 Å². The summed E-state index contributed by atoms with van der Waals surface area (Å²) in [7, 11) is -3.70. The molecule has 0 spiro atoms. The fourth-order valence-electron chi connectivity index (χ4n) is 3.41. The highest BCUT2D eigenvalue weighted by Crippen LogP contribution is 2.32. The van der Waals surface area contributed by atoms with Crippen LogP contribution in [0.5, 0.6) is 11.5 Å². The van der Waals surface area contributed by atoms with Crippen molar-refractivity contribution >= 4 is 15.9 Å². The summed E-state index contributed by atoms with van der Waals surface area (Å²) in [4.78, 5) is 14.4. The molecule has 1 saturated heterocycles. The van der Waals surface area contributed by atoms with Crippen LogP contribution in [0.3, 0.4) is 0 Å². The highest BCUT2D eigenvalue weighted by atomic mass is 32.2. The van der Waals surface area contributed by atoms with Crippen molar-refractivity contribution < 1.29 is 22.7 Å². The molecule has 7 nitrogen and oxygen atoms in total. The quantitative estimate of drug-likeness (QED) is 0.801. The number of ether oxygens (including phenoxy) is 2. The molecular weight excluding hydrogens is 380 g/mol. The number of hydrogen-bond acceptors (Lipinski definition) is 5. The normalized spacial score (nSPS) is 15.8. The van der Waals surface area contributed by atoms with Gasteiger partial charge in [0.1, 0.15) is 0 Å². The van der Waals surface area contributed by atoms with E-state index in [-0.39, 0.29) is 24.1 Å². The molecule has 0 aromatic heterocycles. The summed E-state index contributed by atoms with van der Waals surface area (Å²) in [6.07, 6.45) is 2.50. The lowest BCUT2D eigenvalue weighted by molar-refractivity contribution is 0.0792. The highest BCUT2D eigenvalue weighted by Gasteiger charge is 2.22. The Morgan fingerprint density at radius 2 is 1.82 bits per heavy atom. The smallest absolute Gasteiger partial charge is 0.253 e.